The van der Waals surface area contributed by atoms with Crippen LogP contribution in [0, 0.1) is 0 Å². The number of pyridine rings is 1. The Morgan fingerprint density at radius 3 is 2.14 bits per heavy atom. The van der Waals surface area contributed by atoms with Gasteiger partial charge < -0.3 is 35.1 Å². The van der Waals surface area contributed by atoms with Crippen LogP contribution in [0.4, 0.5) is 0 Å². The fraction of sp³-hybridized carbons (Fsp3) is 0. The van der Waals surface area contributed by atoms with Gasteiger partial charge in [-0.15, -0.1) is 12.1 Å². The molecule has 0 radical (unpaired) electrons. The van der Waals surface area contributed by atoms with E-state index < -0.39 is 0 Å². The van der Waals surface area contributed by atoms with Crippen molar-refractivity contribution in [2.75, 3.05) is 0 Å². The molecule has 21 heavy (non-hydrogen) atoms. The number of ketones is 1. The molecule has 1 aromatic heterocycles. The first-order valence-corrected chi connectivity index (χ1v) is 6.38. The fourth-order valence-corrected chi connectivity index (χ4v) is 1.59. The van der Waals surface area contributed by atoms with E-state index in [9.17, 15) is 4.79 Å². The van der Waals surface area contributed by atoms with Crippen LogP contribution in [-0.2, 0) is 17.1 Å². The molecule has 0 bridgehead atoms. The van der Waals surface area contributed by atoms with E-state index in [-0.39, 0.29) is 22.9 Å². The minimum atomic E-state index is 0. The Balaban J connectivity index is 0.000000313. The van der Waals surface area contributed by atoms with Gasteiger partial charge in [-0.05, 0) is 12.1 Å². The summed E-state index contributed by atoms with van der Waals surface area (Å²) in [7, 11) is 0. The van der Waals surface area contributed by atoms with Crippen molar-refractivity contribution < 1.29 is 21.9 Å². The van der Waals surface area contributed by atoms with Crippen molar-refractivity contribution in [3.05, 3.63) is 96.3 Å². The number of carbonyl (C=O) groups is 1. The molecule has 2 nitrogen and oxygen atoms in total. The summed E-state index contributed by atoms with van der Waals surface area (Å²) in [6.45, 7) is 0. The molecule has 0 aliphatic rings. The summed E-state index contributed by atoms with van der Waals surface area (Å²) in [5.41, 5.74) is 1.50. The Hall–Kier alpha value is -2.22. The molecule has 0 spiro atoms. The van der Waals surface area contributed by atoms with Crippen LogP contribution in [0.1, 0.15) is 16.1 Å². The standard InChI is InChI=1S/C13H10NO.C5H5.Fe/c15-13(11-5-1-2-6-11)9-8-12-7-3-4-10-14-12;1-2-4-5-3-1;/h1-10H;1-5H;/q-1;-5;. The first-order valence-electron chi connectivity index (χ1n) is 6.38. The van der Waals surface area contributed by atoms with Crippen molar-refractivity contribution >= 4 is 11.9 Å². The predicted octanol–water partition coefficient (Wildman–Crippen LogP) is 4.10. The molecule has 0 saturated carbocycles. The van der Waals surface area contributed by atoms with Crippen LogP contribution >= 0.6 is 0 Å². The molecule has 0 aliphatic carbocycles. The number of rotatable bonds is 3. The number of allylic oxidation sites excluding steroid dienone is 1. The molecule has 0 unspecified atom stereocenters. The van der Waals surface area contributed by atoms with Crippen LogP contribution in [0.15, 0.2) is 85.1 Å². The zero-order chi connectivity index (χ0) is 14.0. The molecule has 112 valence electrons. The maximum Gasteiger partial charge on any atom is 0.105 e. The van der Waals surface area contributed by atoms with Crippen LogP contribution in [0.25, 0.3) is 6.08 Å². The van der Waals surface area contributed by atoms with Gasteiger partial charge in [-0.25, -0.2) is 0 Å². The van der Waals surface area contributed by atoms with E-state index in [4.69, 9.17) is 0 Å². The monoisotopic (exact) mass is 317 g/mol. The second-order valence-corrected chi connectivity index (χ2v) is 4.09. The largest absolute Gasteiger partial charge is 0.748 e. The van der Waals surface area contributed by atoms with Gasteiger partial charge >= 0.3 is 0 Å². The quantitative estimate of drug-likeness (QED) is 0.315. The molecule has 3 aromatic rings. The number of nitrogens with zero attached hydrogens (tertiary/aromatic N) is 1. The average Bonchev–Trinajstić information content (AvgIpc) is 3.20. The summed E-state index contributed by atoms with van der Waals surface area (Å²) >= 11 is 0. The summed E-state index contributed by atoms with van der Waals surface area (Å²) in [5, 5.41) is 0. The van der Waals surface area contributed by atoms with Crippen molar-refractivity contribution in [2.45, 2.75) is 0 Å². The molecular weight excluding hydrogens is 302 g/mol. The van der Waals surface area contributed by atoms with Crippen molar-refractivity contribution in [3.8, 4) is 0 Å². The molecule has 0 aliphatic heterocycles. The van der Waals surface area contributed by atoms with Crippen LogP contribution in [-0.4, -0.2) is 10.8 Å². The van der Waals surface area contributed by atoms with E-state index >= 15 is 0 Å². The SMILES string of the molecule is O=C(C=Cc1ccccn1)[c-]1cccc1.[Fe].[cH-]1[cH-][cH-][cH-][cH-]1. The summed E-state index contributed by atoms with van der Waals surface area (Å²) < 4.78 is 0. The van der Waals surface area contributed by atoms with Gasteiger partial charge in [0.25, 0.3) is 0 Å². The Morgan fingerprint density at radius 1 is 1.00 bits per heavy atom. The molecule has 0 fully saturated rings. The zero-order valence-electron chi connectivity index (χ0n) is 11.4. The predicted molar refractivity (Wildman–Crippen MR) is 81.7 cm³/mol. The molecule has 0 saturated heterocycles. The van der Waals surface area contributed by atoms with Gasteiger partial charge in [0.05, 0.1) is 5.69 Å². The number of hydrogen-bond donors (Lipinski definition) is 0. The molecule has 2 aromatic carbocycles. The number of aromatic nitrogens is 1. The first-order chi connectivity index (χ1) is 9.86. The summed E-state index contributed by atoms with van der Waals surface area (Å²) in [4.78, 5) is 15.7. The molecular formula is C18H15FeNO-6. The van der Waals surface area contributed by atoms with Crippen molar-refractivity contribution in [1.82, 2.24) is 4.98 Å². The van der Waals surface area contributed by atoms with Gasteiger partial charge in [0.15, 0.2) is 0 Å². The maximum absolute atomic E-state index is 11.6. The first kappa shape index (κ1) is 16.8. The van der Waals surface area contributed by atoms with Crippen LogP contribution in [0.3, 0.4) is 0 Å². The number of hydrogen-bond acceptors (Lipinski definition) is 2. The summed E-state index contributed by atoms with van der Waals surface area (Å²) in [6.07, 6.45) is 4.96. The molecule has 0 amide bonds. The molecule has 3 rings (SSSR count). The van der Waals surface area contributed by atoms with Crippen molar-refractivity contribution in [3.63, 3.8) is 0 Å². The van der Waals surface area contributed by atoms with E-state index in [1.807, 2.05) is 60.7 Å². The summed E-state index contributed by atoms with van der Waals surface area (Å²) in [6, 6.07) is 22.9. The van der Waals surface area contributed by atoms with Crippen molar-refractivity contribution in [1.29, 1.82) is 0 Å². The third-order valence-electron chi connectivity index (χ3n) is 2.60. The zero-order valence-corrected chi connectivity index (χ0v) is 12.5. The number of carbonyl (C=O) groups excluding carboxylic acids is 1. The maximum atomic E-state index is 11.6. The van der Waals surface area contributed by atoms with Gasteiger partial charge in [0, 0.05) is 23.3 Å². The Morgan fingerprint density at radius 2 is 1.62 bits per heavy atom. The van der Waals surface area contributed by atoms with E-state index in [1.165, 1.54) is 6.08 Å². The second-order valence-electron chi connectivity index (χ2n) is 4.09. The van der Waals surface area contributed by atoms with E-state index in [0.717, 1.165) is 5.69 Å². The molecule has 1 heterocycles. The molecule has 3 heteroatoms. The molecule has 0 N–H and O–H groups in total. The third kappa shape index (κ3) is 6.17. The van der Waals surface area contributed by atoms with Gasteiger partial charge in [0.2, 0.25) is 0 Å². The Kier molecular flexibility index (Phi) is 7.73. The van der Waals surface area contributed by atoms with Crippen LogP contribution < -0.4 is 0 Å². The molecule has 0 atom stereocenters. The van der Waals surface area contributed by atoms with E-state index in [0.29, 0.717) is 5.56 Å². The average molecular weight is 317 g/mol. The van der Waals surface area contributed by atoms with Gasteiger partial charge in [-0.3, -0.25) is 4.98 Å². The second kappa shape index (κ2) is 9.65. The van der Waals surface area contributed by atoms with Crippen molar-refractivity contribution in [2.24, 2.45) is 0 Å². The van der Waals surface area contributed by atoms with E-state index in [1.54, 1.807) is 24.4 Å². The van der Waals surface area contributed by atoms with Crippen LogP contribution in [0.2, 0.25) is 0 Å². The van der Waals surface area contributed by atoms with E-state index in [2.05, 4.69) is 4.98 Å². The Bertz CT molecular complexity index is 608. The fourth-order valence-electron chi connectivity index (χ4n) is 1.59. The minimum Gasteiger partial charge on any atom is -0.748 e. The summed E-state index contributed by atoms with van der Waals surface area (Å²) in [5.74, 6) is 0.00523. The van der Waals surface area contributed by atoms with Gasteiger partial charge in [-0.1, -0.05) is 23.8 Å². The Labute approximate surface area is 135 Å². The third-order valence-corrected chi connectivity index (χ3v) is 2.60. The van der Waals surface area contributed by atoms with Gasteiger partial charge in [-0.2, -0.15) is 12.1 Å². The smallest absolute Gasteiger partial charge is 0.105 e. The van der Waals surface area contributed by atoms with Gasteiger partial charge in [0.1, 0.15) is 5.78 Å². The normalized spacial score (nSPS) is 9.52. The minimum absolute atomic E-state index is 0. The van der Waals surface area contributed by atoms with Crippen LogP contribution in [0.5, 0.6) is 0 Å². The topological polar surface area (TPSA) is 30.0 Å².